The summed E-state index contributed by atoms with van der Waals surface area (Å²) in [6, 6.07) is 9.59. The van der Waals surface area contributed by atoms with Crippen molar-refractivity contribution < 1.29 is 14.6 Å². The number of hydrogen-bond donors (Lipinski definition) is 1. The zero-order valence-electron chi connectivity index (χ0n) is 9.98. The molecule has 1 N–H and O–H groups in total. The monoisotopic (exact) mass is 296 g/mol. The zero-order chi connectivity index (χ0) is 14.0. The third kappa shape index (κ3) is 2.83. The zero-order valence-corrected chi connectivity index (χ0v) is 11.5. The van der Waals surface area contributed by atoms with E-state index >= 15 is 0 Å². The Morgan fingerprint density at radius 2 is 1.63 bits per heavy atom. The summed E-state index contributed by atoms with van der Waals surface area (Å²) in [6.45, 7) is 0. The van der Waals surface area contributed by atoms with Gasteiger partial charge in [-0.05, 0) is 36.4 Å². The van der Waals surface area contributed by atoms with Crippen LogP contribution in [0.2, 0.25) is 10.0 Å². The lowest BCUT2D eigenvalue weighted by Crippen LogP contribution is -2.00. The SMILES string of the molecule is COc1ccc(Cl)cc1-c1cc(Cl)ccc1C(=O)O. The topological polar surface area (TPSA) is 46.5 Å². The van der Waals surface area contributed by atoms with Gasteiger partial charge in [0, 0.05) is 21.2 Å². The Balaban J connectivity index is 2.73. The van der Waals surface area contributed by atoms with Crippen molar-refractivity contribution in [1.29, 1.82) is 0 Å². The van der Waals surface area contributed by atoms with Gasteiger partial charge in [-0.25, -0.2) is 4.79 Å². The van der Waals surface area contributed by atoms with Crippen LogP contribution in [0, 0.1) is 0 Å². The molecule has 0 amide bonds. The number of rotatable bonds is 3. The minimum atomic E-state index is -1.03. The maximum atomic E-state index is 11.3. The van der Waals surface area contributed by atoms with E-state index in [4.69, 9.17) is 27.9 Å². The first-order valence-corrected chi connectivity index (χ1v) is 6.15. The fourth-order valence-electron chi connectivity index (χ4n) is 1.82. The minimum absolute atomic E-state index is 0.143. The van der Waals surface area contributed by atoms with E-state index in [2.05, 4.69) is 0 Å². The second-order valence-corrected chi connectivity index (χ2v) is 4.71. The third-order valence-corrected chi connectivity index (χ3v) is 3.13. The van der Waals surface area contributed by atoms with Crippen LogP contribution < -0.4 is 4.74 Å². The molecule has 19 heavy (non-hydrogen) atoms. The van der Waals surface area contributed by atoms with Crippen LogP contribution in [0.25, 0.3) is 11.1 Å². The molecule has 0 aliphatic carbocycles. The Morgan fingerprint density at radius 1 is 1.05 bits per heavy atom. The Kier molecular flexibility index (Phi) is 3.98. The van der Waals surface area contributed by atoms with E-state index in [0.717, 1.165) is 0 Å². The van der Waals surface area contributed by atoms with Crippen LogP contribution in [0.3, 0.4) is 0 Å². The van der Waals surface area contributed by atoms with Crippen molar-refractivity contribution in [3.05, 3.63) is 52.0 Å². The average Bonchev–Trinajstić information content (AvgIpc) is 2.38. The maximum absolute atomic E-state index is 11.3. The second kappa shape index (κ2) is 5.51. The van der Waals surface area contributed by atoms with Gasteiger partial charge < -0.3 is 9.84 Å². The molecule has 0 spiro atoms. The molecule has 3 nitrogen and oxygen atoms in total. The van der Waals surface area contributed by atoms with E-state index in [1.165, 1.54) is 19.2 Å². The largest absolute Gasteiger partial charge is 0.496 e. The number of benzene rings is 2. The van der Waals surface area contributed by atoms with Crippen LogP contribution in [0.5, 0.6) is 5.75 Å². The lowest BCUT2D eigenvalue weighted by Gasteiger charge is -2.12. The van der Waals surface area contributed by atoms with E-state index in [1.54, 1.807) is 24.3 Å². The molecule has 2 rings (SSSR count). The number of aromatic carboxylic acids is 1. The minimum Gasteiger partial charge on any atom is -0.496 e. The summed E-state index contributed by atoms with van der Waals surface area (Å²) in [6.07, 6.45) is 0. The van der Waals surface area contributed by atoms with Gasteiger partial charge in [-0.15, -0.1) is 0 Å². The summed E-state index contributed by atoms with van der Waals surface area (Å²) in [5.74, 6) is -0.497. The van der Waals surface area contributed by atoms with Crippen LogP contribution in [0.15, 0.2) is 36.4 Å². The van der Waals surface area contributed by atoms with E-state index in [0.29, 0.717) is 26.9 Å². The molecule has 98 valence electrons. The molecule has 0 heterocycles. The molecule has 0 saturated carbocycles. The van der Waals surface area contributed by atoms with Gasteiger partial charge in [-0.3, -0.25) is 0 Å². The Hall–Kier alpha value is -1.71. The molecular weight excluding hydrogens is 287 g/mol. The summed E-state index contributed by atoms with van der Waals surface area (Å²) in [5.41, 5.74) is 1.21. The van der Waals surface area contributed by atoms with Gasteiger partial charge in [0.2, 0.25) is 0 Å². The number of carboxylic acid groups (broad SMARTS) is 1. The van der Waals surface area contributed by atoms with E-state index in [1.807, 2.05) is 0 Å². The van der Waals surface area contributed by atoms with E-state index in [-0.39, 0.29) is 5.56 Å². The van der Waals surface area contributed by atoms with Crippen LogP contribution in [-0.2, 0) is 0 Å². The second-order valence-electron chi connectivity index (χ2n) is 3.84. The van der Waals surface area contributed by atoms with Gasteiger partial charge in [-0.1, -0.05) is 23.2 Å². The lowest BCUT2D eigenvalue weighted by atomic mass is 9.99. The molecule has 0 bridgehead atoms. The molecule has 0 aromatic heterocycles. The molecule has 0 unspecified atom stereocenters. The highest BCUT2D eigenvalue weighted by Gasteiger charge is 2.16. The van der Waals surface area contributed by atoms with Crippen LogP contribution in [0.1, 0.15) is 10.4 Å². The van der Waals surface area contributed by atoms with Crippen molar-refractivity contribution in [2.24, 2.45) is 0 Å². The Labute approximate surface area is 120 Å². The Bertz CT molecular complexity index is 639. The van der Waals surface area contributed by atoms with Gasteiger partial charge >= 0.3 is 5.97 Å². The van der Waals surface area contributed by atoms with Gasteiger partial charge in [0.1, 0.15) is 5.75 Å². The number of hydrogen-bond acceptors (Lipinski definition) is 2. The van der Waals surface area contributed by atoms with E-state index in [9.17, 15) is 9.90 Å². The molecule has 0 aliphatic heterocycles. The quantitative estimate of drug-likeness (QED) is 0.915. The predicted molar refractivity (Wildman–Crippen MR) is 75.4 cm³/mol. The Morgan fingerprint density at radius 3 is 2.21 bits per heavy atom. The highest BCUT2D eigenvalue weighted by Crippen LogP contribution is 2.36. The summed E-state index contributed by atoms with van der Waals surface area (Å²) < 4.78 is 5.23. The molecular formula is C14H10Cl2O3. The first-order chi connectivity index (χ1) is 9.02. The number of halogens is 2. The van der Waals surface area contributed by atoms with E-state index < -0.39 is 5.97 Å². The first kappa shape index (κ1) is 13.7. The lowest BCUT2D eigenvalue weighted by molar-refractivity contribution is 0.0698. The van der Waals surface area contributed by atoms with Gasteiger partial charge in [0.25, 0.3) is 0 Å². The average molecular weight is 297 g/mol. The molecule has 5 heteroatoms. The molecule has 2 aromatic rings. The first-order valence-electron chi connectivity index (χ1n) is 5.39. The van der Waals surface area contributed by atoms with Gasteiger partial charge in [0.15, 0.2) is 0 Å². The van der Waals surface area contributed by atoms with Crippen LogP contribution >= 0.6 is 23.2 Å². The normalized spacial score (nSPS) is 10.3. The molecule has 0 radical (unpaired) electrons. The molecule has 2 aromatic carbocycles. The third-order valence-electron chi connectivity index (χ3n) is 2.66. The fraction of sp³-hybridized carbons (Fsp3) is 0.0714. The molecule has 0 atom stereocenters. The van der Waals surface area contributed by atoms with Crippen molar-refractivity contribution in [3.8, 4) is 16.9 Å². The van der Waals surface area contributed by atoms with Crippen molar-refractivity contribution >= 4 is 29.2 Å². The van der Waals surface area contributed by atoms with Crippen molar-refractivity contribution in [3.63, 3.8) is 0 Å². The summed E-state index contributed by atoms with van der Waals surface area (Å²) in [4.78, 5) is 11.3. The summed E-state index contributed by atoms with van der Waals surface area (Å²) in [7, 11) is 1.51. The molecule has 0 saturated heterocycles. The number of methoxy groups -OCH3 is 1. The summed E-state index contributed by atoms with van der Waals surface area (Å²) in [5, 5.41) is 10.2. The summed E-state index contributed by atoms with van der Waals surface area (Å²) >= 11 is 11.9. The van der Waals surface area contributed by atoms with Crippen molar-refractivity contribution in [1.82, 2.24) is 0 Å². The number of carbonyl (C=O) groups is 1. The molecule has 0 fully saturated rings. The maximum Gasteiger partial charge on any atom is 0.336 e. The highest BCUT2D eigenvalue weighted by molar-refractivity contribution is 6.31. The van der Waals surface area contributed by atoms with Gasteiger partial charge in [0.05, 0.1) is 12.7 Å². The molecule has 0 aliphatic rings. The van der Waals surface area contributed by atoms with Crippen LogP contribution in [0.4, 0.5) is 0 Å². The number of ether oxygens (including phenoxy) is 1. The predicted octanol–water partition coefficient (Wildman–Crippen LogP) is 4.37. The highest BCUT2D eigenvalue weighted by atomic mass is 35.5. The smallest absolute Gasteiger partial charge is 0.336 e. The number of carboxylic acids is 1. The standard InChI is InChI=1S/C14H10Cl2O3/c1-19-13-5-3-9(16)7-12(13)11-6-8(15)2-4-10(11)14(17)18/h2-7H,1H3,(H,17,18). The van der Waals surface area contributed by atoms with Crippen molar-refractivity contribution in [2.75, 3.05) is 7.11 Å². The fourth-order valence-corrected chi connectivity index (χ4v) is 2.16. The van der Waals surface area contributed by atoms with Crippen molar-refractivity contribution in [2.45, 2.75) is 0 Å². The van der Waals surface area contributed by atoms with Crippen LogP contribution in [-0.4, -0.2) is 18.2 Å². The van der Waals surface area contributed by atoms with Gasteiger partial charge in [-0.2, -0.15) is 0 Å².